The van der Waals surface area contributed by atoms with E-state index in [4.69, 9.17) is 9.26 Å². The Morgan fingerprint density at radius 2 is 2.22 bits per heavy atom. The van der Waals surface area contributed by atoms with E-state index in [0.29, 0.717) is 31.2 Å². The Labute approximate surface area is 160 Å². The molecule has 1 N–H and O–H groups in total. The van der Waals surface area contributed by atoms with Gasteiger partial charge in [0.1, 0.15) is 18.0 Å². The lowest BCUT2D eigenvalue weighted by Gasteiger charge is -2.29. The van der Waals surface area contributed by atoms with Gasteiger partial charge in [-0.05, 0) is 47.4 Å². The second-order valence-electron chi connectivity index (χ2n) is 8.89. The first-order valence-corrected chi connectivity index (χ1v) is 9.99. The molecule has 2 aromatic heterocycles. The Bertz CT molecular complexity index is 773. The molecule has 0 aliphatic heterocycles. The first-order chi connectivity index (χ1) is 12.9. The van der Waals surface area contributed by atoms with Gasteiger partial charge in [0, 0.05) is 18.2 Å². The van der Waals surface area contributed by atoms with Gasteiger partial charge in [-0.3, -0.25) is 5.32 Å². The van der Waals surface area contributed by atoms with E-state index in [0.717, 1.165) is 17.1 Å². The van der Waals surface area contributed by atoms with E-state index in [1.807, 2.05) is 11.6 Å². The summed E-state index contributed by atoms with van der Waals surface area (Å²) in [5.74, 6) is 0.774. The number of hydrogen-bond donors (Lipinski definition) is 1. The zero-order valence-corrected chi connectivity index (χ0v) is 16.7. The Morgan fingerprint density at radius 1 is 1.41 bits per heavy atom. The number of nitrogens with one attached hydrogen (secondary N) is 1. The third-order valence-electron chi connectivity index (χ3n) is 6.06. The number of ether oxygens (including phenoxy) is 1. The minimum atomic E-state index is -0.181. The van der Waals surface area contributed by atoms with Crippen molar-refractivity contribution >= 4 is 0 Å². The molecule has 2 unspecified atom stereocenters. The molecule has 1 spiro atoms. The molecular formula is C19H30N6O2. The molecule has 2 saturated carbocycles. The van der Waals surface area contributed by atoms with Gasteiger partial charge in [0.15, 0.2) is 5.82 Å². The number of tetrazole rings is 1. The summed E-state index contributed by atoms with van der Waals surface area (Å²) >= 11 is 0. The predicted molar refractivity (Wildman–Crippen MR) is 99.2 cm³/mol. The van der Waals surface area contributed by atoms with Crippen LogP contribution in [-0.2, 0) is 16.7 Å². The minimum absolute atomic E-state index is 0.0728. The van der Waals surface area contributed by atoms with Crippen LogP contribution < -0.4 is 5.32 Å². The fourth-order valence-electron chi connectivity index (χ4n) is 4.13. The van der Waals surface area contributed by atoms with Crippen LogP contribution in [0.1, 0.15) is 76.5 Å². The summed E-state index contributed by atoms with van der Waals surface area (Å²) in [6, 6.07) is 0.317. The maximum absolute atomic E-state index is 5.49. The van der Waals surface area contributed by atoms with Crippen LogP contribution in [0.15, 0.2) is 10.8 Å². The molecule has 2 atom stereocenters. The fraction of sp³-hybridized carbons (Fsp3) is 0.789. The van der Waals surface area contributed by atoms with Crippen LogP contribution in [0.2, 0.25) is 0 Å². The number of hydrogen-bond acceptors (Lipinski definition) is 7. The van der Waals surface area contributed by atoms with Crippen molar-refractivity contribution in [3.63, 3.8) is 0 Å². The van der Waals surface area contributed by atoms with Gasteiger partial charge in [0.05, 0.1) is 13.2 Å². The Morgan fingerprint density at radius 3 is 2.85 bits per heavy atom. The summed E-state index contributed by atoms with van der Waals surface area (Å²) in [5.41, 5.74) is 2.39. The number of rotatable bonds is 8. The molecule has 0 amide bonds. The summed E-state index contributed by atoms with van der Waals surface area (Å²) in [4.78, 5) is 0. The molecule has 2 aromatic rings. The molecule has 0 radical (unpaired) electrons. The summed E-state index contributed by atoms with van der Waals surface area (Å²) in [5, 5.41) is 20.6. The van der Waals surface area contributed by atoms with Gasteiger partial charge in [-0.2, -0.15) is 0 Å². The molecule has 148 valence electrons. The summed E-state index contributed by atoms with van der Waals surface area (Å²) < 4.78 is 12.7. The molecule has 4 rings (SSSR count). The topological polar surface area (TPSA) is 90.9 Å². The third kappa shape index (κ3) is 3.52. The first kappa shape index (κ1) is 18.6. The number of aromatic nitrogens is 5. The van der Waals surface area contributed by atoms with Crippen LogP contribution in [0.4, 0.5) is 0 Å². The first-order valence-electron chi connectivity index (χ1n) is 9.99. The van der Waals surface area contributed by atoms with Crippen molar-refractivity contribution < 1.29 is 9.26 Å². The average Bonchev–Trinajstić information content (AvgIpc) is 2.95. The SMILES string of the molecule is CCOCCn1nnnc1C(NC1CC12CCC2)c1nocc1C(C)(C)C. The van der Waals surface area contributed by atoms with Crippen molar-refractivity contribution in [1.29, 1.82) is 0 Å². The maximum Gasteiger partial charge on any atom is 0.174 e. The van der Waals surface area contributed by atoms with Gasteiger partial charge in [-0.25, -0.2) is 4.68 Å². The highest BCUT2D eigenvalue weighted by molar-refractivity contribution is 5.31. The quantitative estimate of drug-likeness (QED) is 0.710. The van der Waals surface area contributed by atoms with E-state index in [1.54, 1.807) is 6.26 Å². The van der Waals surface area contributed by atoms with Gasteiger partial charge in [0.2, 0.25) is 0 Å². The summed E-state index contributed by atoms with van der Waals surface area (Å²) in [7, 11) is 0. The molecule has 8 heteroatoms. The molecule has 0 saturated heterocycles. The maximum atomic E-state index is 5.49. The van der Waals surface area contributed by atoms with E-state index in [9.17, 15) is 0 Å². The monoisotopic (exact) mass is 374 g/mol. The lowest BCUT2D eigenvalue weighted by molar-refractivity contribution is 0.134. The van der Waals surface area contributed by atoms with Crippen molar-refractivity contribution in [2.75, 3.05) is 13.2 Å². The lowest BCUT2D eigenvalue weighted by atomic mass is 9.81. The van der Waals surface area contributed by atoms with Gasteiger partial charge in [-0.1, -0.05) is 32.3 Å². The highest BCUT2D eigenvalue weighted by atomic mass is 16.5. The van der Waals surface area contributed by atoms with Crippen LogP contribution in [0.25, 0.3) is 0 Å². The second kappa shape index (κ2) is 6.98. The smallest absolute Gasteiger partial charge is 0.174 e. The average molecular weight is 374 g/mol. The van der Waals surface area contributed by atoms with E-state index in [-0.39, 0.29) is 11.5 Å². The van der Waals surface area contributed by atoms with Crippen molar-refractivity contribution in [2.24, 2.45) is 5.41 Å². The largest absolute Gasteiger partial charge is 0.380 e. The van der Waals surface area contributed by atoms with Crippen molar-refractivity contribution in [3.8, 4) is 0 Å². The summed E-state index contributed by atoms with van der Waals surface area (Å²) in [6.07, 6.45) is 6.96. The van der Waals surface area contributed by atoms with Crippen LogP contribution >= 0.6 is 0 Å². The minimum Gasteiger partial charge on any atom is -0.380 e. The van der Waals surface area contributed by atoms with Crippen LogP contribution in [-0.4, -0.2) is 44.6 Å². The van der Waals surface area contributed by atoms with E-state index < -0.39 is 0 Å². The van der Waals surface area contributed by atoms with E-state index in [1.165, 1.54) is 25.7 Å². The van der Waals surface area contributed by atoms with Crippen molar-refractivity contribution in [2.45, 2.75) is 77.4 Å². The molecule has 27 heavy (non-hydrogen) atoms. The Balaban J connectivity index is 1.63. The molecule has 2 aliphatic rings. The highest BCUT2D eigenvalue weighted by Gasteiger charge is 2.58. The predicted octanol–water partition coefficient (Wildman–Crippen LogP) is 2.62. The molecule has 8 nitrogen and oxygen atoms in total. The van der Waals surface area contributed by atoms with Gasteiger partial charge in [-0.15, -0.1) is 5.10 Å². The Kier molecular flexibility index (Phi) is 4.80. The lowest BCUT2D eigenvalue weighted by Crippen LogP contribution is -2.34. The van der Waals surface area contributed by atoms with Gasteiger partial charge in [0.25, 0.3) is 0 Å². The molecule has 2 aliphatic carbocycles. The van der Waals surface area contributed by atoms with Crippen LogP contribution in [0.5, 0.6) is 0 Å². The van der Waals surface area contributed by atoms with Crippen molar-refractivity contribution in [3.05, 3.63) is 23.3 Å². The third-order valence-corrected chi connectivity index (χ3v) is 6.06. The molecule has 2 fully saturated rings. The fourth-order valence-corrected chi connectivity index (χ4v) is 4.13. The summed E-state index contributed by atoms with van der Waals surface area (Å²) in [6.45, 7) is 10.4. The second-order valence-corrected chi connectivity index (χ2v) is 8.89. The van der Waals surface area contributed by atoms with E-state index in [2.05, 4.69) is 46.8 Å². The standard InChI is InChI=1S/C19H30N6O2/c1-5-26-10-9-25-17(21-23-24-25)16(20-14-11-19(14)7-6-8-19)15-13(12-27-22-15)18(2,3)4/h12,14,16,20H,5-11H2,1-4H3. The van der Waals surface area contributed by atoms with Crippen LogP contribution in [0, 0.1) is 5.41 Å². The highest BCUT2D eigenvalue weighted by Crippen LogP contribution is 2.61. The van der Waals surface area contributed by atoms with Crippen LogP contribution in [0.3, 0.4) is 0 Å². The normalized spacial score (nSPS) is 22.0. The zero-order chi connectivity index (χ0) is 19.1. The molecular weight excluding hydrogens is 344 g/mol. The van der Waals surface area contributed by atoms with Crippen molar-refractivity contribution in [1.82, 2.24) is 30.7 Å². The zero-order valence-electron chi connectivity index (χ0n) is 16.7. The van der Waals surface area contributed by atoms with Gasteiger partial charge < -0.3 is 9.26 Å². The Hall–Kier alpha value is -1.80. The molecule has 2 heterocycles. The molecule has 0 bridgehead atoms. The van der Waals surface area contributed by atoms with E-state index >= 15 is 0 Å². The molecule has 0 aromatic carbocycles. The van der Waals surface area contributed by atoms with Gasteiger partial charge >= 0.3 is 0 Å². The number of nitrogens with zero attached hydrogens (tertiary/aromatic N) is 5.